The Bertz CT molecular complexity index is 157. The highest BCUT2D eigenvalue weighted by Gasteiger charge is 2.23. The minimum absolute atomic E-state index is 0.234. The van der Waals surface area contributed by atoms with Gasteiger partial charge in [-0.15, -0.1) is 0 Å². The summed E-state index contributed by atoms with van der Waals surface area (Å²) in [6.45, 7) is 1.42. The summed E-state index contributed by atoms with van der Waals surface area (Å²) in [6, 6.07) is -0.391. The summed E-state index contributed by atoms with van der Waals surface area (Å²) in [6.07, 6.45) is 0. The molecule has 12 heavy (non-hydrogen) atoms. The van der Waals surface area contributed by atoms with Gasteiger partial charge in [0.2, 0.25) is 3.79 Å². The van der Waals surface area contributed by atoms with E-state index < -0.39 is 15.8 Å². The van der Waals surface area contributed by atoms with Gasteiger partial charge in [-0.3, -0.25) is 4.79 Å². The van der Waals surface area contributed by atoms with Gasteiger partial charge in [0.05, 0.1) is 0 Å². The van der Waals surface area contributed by atoms with E-state index >= 15 is 0 Å². The lowest BCUT2D eigenvalue weighted by Crippen LogP contribution is -2.34. The van der Waals surface area contributed by atoms with Crippen LogP contribution >= 0.6 is 34.8 Å². The maximum absolute atomic E-state index is 11.0. The van der Waals surface area contributed by atoms with E-state index in [-0.39, 0.29) is 6.61 Å². The van der Waals surface area contributed by atoms with Gasteiger partial charge in [0.25, 0.3) is 0 Å². The number of hydrogen-bond acceptors (Lipinski definition) is 3. The van der Waals surface area contributed by atoms with Crippen molar-refractivity contribution in [1.82, 2.24) is 5.32 Å². The zero-order valence-corrected chi connectivity index (χ0v) is 9.00. The fourth-order valence-electron chi connectivity index (χ4n) is 0.396. The first-order valence-electron chi connectivity index (χ1n) is 3.27. The van der Waals surface area contributed by atoms with Crippen LogP contribution in [0, 0.1) is 0 Å². The third kappa shape index (κ3) is 5.89. The van der Waals surface area contributed by atoms with E-state index in [9.17, 15) is 4.79 Å². The molecule has 0 saturated carbocycles. The molecule has 0 bridgehead atoms. The summed E-state index contributed by atoms with van der Waals surface area (Å²) in [5.41, 5.74) is 0. The molecule has 0 heterocycles. The molecule has 0 aromatic heterocycles. The van der Waals surface area contributed by atoms with Crippen LogP contribution in [-0.2, 0) is 9.53 Å². The molecule has 1 N–H and O–H groups in total. The van der Waals surface area contributed by atoms with Gasteiger partial charge in [-0.2, -0.15) is 0 Å². The number of alkyl halides is 3. The average molecular weight is 235 g/mol. The Hall–Kier alpha value is 0.300. The molecule has 0 aromatic carbocycles. The van der Waals surface area contributed by atoms with E-state index in [2.05, 4.69) is 10.1 Å². The summed E-state index contributed by atoms with van der Waals surface area (Å²) >= 11 is 16.1. The fourth-order valence-corrected chi connectivity index (χ4v) is 0.559. The largest absolute Gasteiger partial charge is 0.460 e. The molecular weight excluding hydrogens is 224 g/mol. The van der Waals surface area contributed by atoms with Crippen LogP contribution in [0.3, 0.4) is 0 Å². The van der Waals surface area contributed by atoms with Crippen LogP contribution in [0.15, 0.2) is 0 Å². The van der Waals surface area contributed by atoms with Crippen LogP contribution in [0.5, 0.6) is 0 Å². The second-order valence-electron chi connectivity index (χ2n) is 2.23. The van der Waals surface area contributed by atoms with Gasteiger partial charge in [-0.1, -0.05) is 34.8 Å². The second kappa shape index (κ2) is 5.12. The van der Waals surface area contributed by atoms with Crippen molar-refractivity contribution in [2.45, 2.75) is 16.8 Å². The molecule has 3 nitrogen and oxygen atoms in total. The number of carbonyl (C=O) groups is 1. The van der Waals surface area contributed by atoms with Crippen LogP contribution in [0.25, 0.3) is 0 Å². The van der Waals surface area contributed by atoms with Crippen LogP contribution < -0.4 is 5.32 Å². The Morgan fingerprint density at radius 3 is 2.42 bits per heavy atom. The first-order chi connectivity index (χ1) is 5.37. The Morgan fingerprint density at radius 2 is 2.08 bits per heavy atom. The fraction of sp³-hybridized carbons (Fsp3) is 0.833. The number of carbonyl (C=O) groups excluding carboxylic acids is 1. The smallest absolute Gasteiger partial charge is 0.322 e. The highest BCUT2D eigenvalue weighted by Crippen LogP contribution is 2.25. The van der Waals surface area contributed by atoms with Gasteiger partial charge < -0.3 is 10.1 Å². The Balaban J connectivity index is 3.72. The van der Waals surface area contributed by atoms with Gasteiger partial charge >= 0.3 is 5.97 Å². The van der Waals surface area contributed by atoms with Crippen LogP contribution in [0.1, 0.15) is 6.92 Å². The van der Waals surface area contributed by atoms with Gasteiger partial charge in [0.15, 0.2) is 0 Å². The van der Waals surface area contributed by atoms with E-state index in [1.807, 2.05) is 0 Å². The van der Waals surface area contributed by atoms with Gasteiger partial charge in [-0.25, -0.2) is 0 Å². The van der Waals surface area contributed by atoms with Crippen molar-refractivity contribution >= 4 is 40.8 Å². The highest BCUT2D eigenvalue weighted by atomic mass is 35.6. The molecule has 0 saturated heterocycles. The quantitative estimate of drug-likeness (QED) is 0.594. The zero-order valence-electron chi connectivity index (χ0n) is 6.73. The molecule has 0 amide bonds. The van der Waals surface area contributed by atoms with E-state index in [1.165, 1.54) is 0 Å². The lowest BCUT2D eigenvalue weighted by atomic mass is 10.3. The maximum atomic E-state index is 11.0. The Morgan fingerprint density at radius 1 is 1.58 bits per heavy atom. The van der Waals surface area contributed by atoms with Crippen molar-refractivity contribution in [3.8, 4) is 0 Å². The first-order valence-corrected chi connectivity index (χ1v) is 4.41. The third-order valence-corrected chi connectivity index (χ3v) is 1.49. The maximum Gasteiger partial charge on any atom is 0.322 e. The molecule has 0 spiro atoms. The van der Waals surface area contributed by atoms with Crippen LogP contribution in [0.4, 0.5) is 0 Å². The van der Waals surface area contributed by atoms with Gasteiger partial charge in [-0.05, 0) is 14.0 Å². The predicted molar refractivity (Wildman–Crippen MR) is 49.8 cm³/mol. The summed E-state index contributed by atoms with van der Waals surface area (Å²) in [5.74, 6) is -0.441. The number of rotatable bonds is 3. The first kappa shape index (κ1) is 12.3. The number of likely N-dealkylation sites (N-methyl/N-ethyl adjacent to an activating group) is 1. The summed E-state index contributed by atoms with van der Waals surface area (Å²) in [5, 5.41) is 2.70. The van der Waals surface area contributed by atoms with Crippen molar-refractivity contribution in [3.63, 3.8) is 0 Å². The van der Waals surface area contributed by atoms with E-state index in [4.69, 9.17) is 34.8 Å². The van der Waals surface area contributed by atoms with Crippen molar-refractivity contribution < 1.29 is 9.53 Å². The summed E-state index contributed by atoms with van der Waals surface area (Å²) < 4.78 is 3.12. The summed E-state index contributed by atoms with van der Waals surface area (Å²) in [7, 11) is 1.64. The number of halogens is 3. The number of esters is 1. The monoisotopic (exact) mass is 233 g/mol. The standard InChI is InChI=1S/C6H10Cl3NO2/c1-4(10-2)5(11)12-3-6(7,8)9/h4,10H,3H2,1-2H3/t4-/m0/s1. The molecule has 0 unspecified atom stereocenters. The highest BCUT2D eigenvalue weighted by molar-refractivity contribution is 6.67. The molecule has 0 radical (unpaired) electrons. The lowest BCUT2D eigenvalue weighted by molar-refractivity contribution is -0.145. The van der Waals surface area contributed by atoms with E-state index in [0.717, 1.165) is 0 Å². The normalized spacial score (nSPS) is 14.1. The molecule has 0 aliphatic carbocycles. The molecule has 72 valence electrons. The second-order valence-corrected chi connectivity index (χ2v) is 4.75. The average Bonchev–Trinajstić information content (AvgIpc) is 1.97. The lowest BCUT2D eigenvalue weighted by Gasteiger charge is -2.14. The molecule has 6 heteroatoms. The minimum atomic E-state index is -1.54. The molecule has 0 fully saturated rings. The molecule has 0 aliphatic rings. The van der Waals surface area contributed by atoms with E-state index in [0.29, 0.717) is 0 Å². The topological polar surface area (TPSA) is 38.3 Å². The Labute approximate surface area is 86.3 Å². The van der Waals surface area contributed by atoms with Crippen LogP contribution in [0.2, 0.25) is 0 Å². The molecule has 0 rings (SSSR count). The van der Waals surface area contributed by atoms with Gasteiger partial charge in [0.1, 0.15) is 12.6 Å². The van der Waals surface area contributed by atoms with E-state index in [1.54, 1.807) is 14.0 Å². The zero-order chi connectivity index (χ0) is 9.78. The Kier molecular flexibility index (Phi) is 5.25. The van der Waals surface area contributed by atoms with Crippen molar-refractivity contribution in [2.24, 2.45) is 0 Å². The van der Waals surface area contributed by atoms with Crippen LogP contribution in [-0.4, -0.2) is 29.5 Å². The molecule has 0 aromatic rings. The SMILES string of the molecule is CN[C@@H](C)C(=O)OCC(Cl)(Cl)Cl. The summed E-state index contributed by atoms with van der Waals surface area (Å²) in [4.78, 5) is 11.0. The van der Waals surface area contributed by atoms with Crippen molar-refractivity contribution in [2.75, 3.05) is 13.7 Å². The van der Waals surface area contributed by atoms with Crippen molar-refractivity contribution in [1.29, 1.82) is 0 Å². The number of hydrogen-bond donors (Lipinski definition) is 1. The molecule has 0 aliphatic heterocycles. The number of ether oxygens (including phenoxy) is 1. The third-order valence-electron chi connectivity index (χ3n) is 1.16. The molecular formula is C6H10Cl3NO2. The number of nitrogens with one attached hydrogen (secondary N) is 1. The predicted octanol–water partition coefficient (Wildman–Crippen LogP) is 1.51. The van der Waals surface area contributed by atoms with Crippen molar-refractivity contribution in [3.05, 3.63) is 0 Å². The van der Waals surface area contributed by atoms with Gasteiger partial charge in [0, 0.05) is 0 Å². The minimum Gasteiger partial charge on any atom is -0.460 e. The molecule has 1 atom stereocenters.